The quantitative estimate of drug-likeness (QED) is 0.561. The number of hydrogen-bond acceptors (Lipinski definition) is 0. The smallest absolute Gasteiger partial charge is 0.108 e. The van der Waals surface area contributed by atoms with Gasteiger partial charge in [-0.2, -0.15) is 0 Å². The fourth-order valence-corrected chi connectivity index (χ4v) is 3.62. The van der Waals surface area contributed by atoms with Gasteiger partial charge in [-0.1, -0.05) is 42.5 Å². The molecule has 1 aliphatic rings. The van der Waals surface area contributed by atoms with E-state index in [9.17, 15) is 5.11 Å². The van der Waals surface area contributed by atoms with Crippen LogP contribution in [0.3, 0.4) is 0 Å². The van der Waals surface area contributed by atoms with Crippen molar-refractivity contribution in [1.29, 1.82) is 0 Å². The van der Waals surface area contributed by atoms with Crippen molar-refractivity contribution in [2.75, 3.05) is 0 Å². The molecule has 0 N–H and O–H groups in total. The molecule has 20 heavy (non-hydrogen) atoms. The minimum atomic E-state index is -0.145. The van der Waals surface area contributed by atoms with Gasteiger partial charge in [-0.3, -0.25) is 0 Å². The van der Waals surface area contributed by atoms with E-state index >= 15 is 0 Å². The van der Waals surface area contributed by atoms with Crippen molar-refractivity contribution in [2.45, 2.75) is 32.3 Å². The van der Waals surface area contributed by atoms with Crippen LogP contribution in [0.4, 0.5) is 0 Å². The molecule has 0 atom stereocenters. The first-order valence-electron chi connectivity index (χ1n) is 7.41. The van der Waals surface area contributed by atoms with E-state index in [4.69, 9.17) is 0 Å². The zero-order chi connectivity index (χ0) is 13.5. The lowest BCUT2D eigenvalue weighted by Gasteiger charge is -2.19. The molecule has 0 saturated heterocycles. The number of hydrogen-bond donors (Lipinski definition) is 0. The Kier molecular flexibility index (Phi) is 2.75. The summed E-state index contributed by atoms with van der Waals surface area (Å²) in [5.41, 5.74) is 3.95. The predicted octanol–water partition coefficient (Wildman–Crippen LogP) is 4.80. The summed E-state index contributed by atoms with van der Waals surface area (Å²) in [7, 11) is 0. The summed E-state index contributed by atoms with van der Waals surface area (Å²) in [5, 5.41) is 16.3. The molecular formula is C19H17O. The molecule has 0 unspecified atom stereocenters. The molecule has 0 spiro atoms. The summed E-state index contributed by atoms with van der Waals surface area (Å²) >= 11 is 0. The van der Waals surface area contributed by atoms with E-state index in [1.165, 1.54) is 53.0 Å². The van der Waals surface area contributed by atoms with Crippen molar-refractivity contribution < 1.29 is 5.11 Å². The van der Waals surface area contributed by atoms with Gasteiger partial charge in [0.15, 0.2) is 0 Å². The Hall–Kier alpha value is -1.86. The summed E-state index contributed by atoms with van der Waals surface area (Å²) in [4.78, 5) is 0. The van der Waals surface area contributed by atoms with Gasteiger partial charge >= 0.3 is 0 Å². The molecule has 0 saturated carbocycles. The van der Waals surface area contributed by atoms with Crippen LogP contribution in [0, 0.1) is 0 Å². The van der Waals surface area contributed by atoms with Gasteiger partial charge in [-0.15, -0.1) is 0 Å². The Balaban J connectivity index is 2.11. The van der Waals surface area contributed by atoms with Crippen molar-refractivity contribution in [3.05, 3.63) is 59.2 Å². The molecule has 4 rings (SSSR count). The van der Waals surface area contributed by atoms with Gasteiger partial charge in [0.25, 0.3) is 0 Å². The third-order valence-electron chi connectivity index (χ3n) is 4.64. The van der Waals surface area contributed by atoms with Crippen LogP contribution in [0.15, 0.2) is 42.5 Å². The number of rotatable bonds is 1. The van der Waals surface area contributed by atoms with Crippen LogP contribution in [0.5, 0.6) is 0 Å². The standard InChI is InChI=1S/C19H17O/c20-12-14-5-3-7-17-16(14)10-11-18-15-6-2-1-4-13(15)8-9-19(17)18/h3,5,7-11H,1-2,4,6,12H2. The Morgan fingerprint density at radius 3 is 2.40 bits per heavy atom. The van der Waals surface area contributed by atoms with E-state index in [-0.39, 0.29) is 6.61 Å². The SMILES string of the molecule is [O]Cc1cccc2c1ccc1c3c(ccc12)CCCC3. The summed E-state index contributed by atoms with van der Waals surface area (Å²) in [6.45, 7) is -0.145. The number of benzene rings is 3. The first-order chi connectivity index (χ1) is 9.88. The monoisotopic (exact) mass is 261 g/mol. The zero-order valence-electron chi connectivity index (χ0n) is 11.5. The number of aryl methyl sites for hydroxylation is 2. The lowest BCUT2D eigenvalue weighted by atomic mass is 9.86. The Morgan fingerprint density at radius 1 is 0.750 bits per heavy atom. The minimum Gasteiger partial charge on any atom is -0.232 e. The molecule has 1 nitrogen and oxygen atoms in total. The minimum absolute atomic E-state index is 0.145. The van der Waals surface area contributed by atoms with E-state index < -0.39 is 0 Å². The largest absolute Gasteiger partial charge is 0.232 e. The lowest BCUT2D eigenvalue weighted by Crippen LogP contribution is -2.03. The topological polar surface area (TPSA) is 19.9 Å². The van der Waals surface area contributed by atoms with Gasteiger partial charge < -0.3 is 0 Å². The highest BCUT2D eigenvalue weighted by molar-refractivity contribution is 6.09. The fraction of sp³-hybridized carbons (Fsp3) is 0.263. The molecule has 3 aromatic carbocycles. The van der Waals surface area contributed by atoms with E-state index in [1.807, 2.05) is 12.1 Å². The first-order valence-corrected chi connectivity index (χ1v) is 7.41. The molecule has 99 valence electrons. The highest BCUT2D eigenvalue weighted by Gasteiger charge is 2.14. The summed E-state index contributed by atoms with van der Waals surface area (Å²) < 4.78 is 0. The molecule has 1 radical (unpaired) electrons. The molecular weight excluding hydrogens is 244 g/mol. The van der Waals surface area contributed by atoms with Crippen LogP contribution >= 0.6 is 0 Å². The number of fused-ring (bicyclic) bond motifs is 5. The van der Waals surface area contributed by atoms with Gasteiger partial charge in [0.05, 0.1) is 0 Å². The molecule has 1 aliphatic carbocycles. The van der Waals surface area contributed by atoms with Gasteiger partial charge in [0.1, 0.15) is 6.61 Å². The maximum absolute atomic E-state index is 11.3. The van der Waals surface area contributed by atoms with E-state index in [0.717, 1.165) is 10.9 Å². The van der Waals surface area contributed by atoms with Gasteiger partial charge in [-0.25, -0.2) is 5.11 Å². The lowest BCUT2D eigenvalue weighted by molar-refractivity contribution is 0.179. The maximum atomic E-state index is 11.3. The van der Waals surface area contributed by atoms with Crippen LogP contribution in [0.1, 0.15) is 29.5 Å². The van der Waals surface area contributed by atoms with Crippen LogP contribution in [-0.2, 0) is 24.6 Å². The fourth-order valence-electron chi connectivity index (χ4n) is 3.62. The average Bonchev–Trinajstić information content (AvgIpc) is 2.53. The van der Waals surface area contributed by atoms with Gasteiger partial charge in [0.2, 0.25) is 0 Å². The molecule has 1 heteroatoms. The van der Waals surface area contributed by atoms with Crippen molar-refractivity contribution in [2.24, 2.45) is 0 Å². The molecule has 0 aliphatic heterocycles. The second-order valence-electron chi connectivity index (χ2n) is 5.73. The normalized spacial score (nSPS) is 14.7. The molecule has 0 amide bonds. The molecule has 0 fully saturated rings. The Bertz CT molecular complexity index is 802. The van der Waals surface area contributed by atoms with Crippen molar-refractivity contribution in [3.63, 3.8) is 0 Å². The van der Waals surface area contributed by atoms with Crippen molar-refractivity contribution in [1.82, 2.24) is 0 Å². The van der Waals surface area contributed by atoms with Crippen molar-refractivity contribution >= 4 is 21.5 Å². The van der Waals surface area contributed by atoms with Gasteiger partial charge in [0, 0.05) is 0 Å². The van der Waals surface area contributed by atoms with Crippen molar-refractivity contribution in [3.8, 4) is 0 Å². The van der Waals surface area contributed by atoms with Crippen LogP contribution in [0.25, 0.3) is 21.5 Å². The Labute approximate surface area is 118 Å². The molecule has 0 bridgehead atoms. The average molecular weight is 261 g/mol. The van der Waals surface area contributed by atoms with E-state index in [1.54, 1.807) is 0 Å². The highest BCUT2D eigenvalue weighted by atomic mass is 16.3. The third kappa shape index (κ3) is 1.66. The summed E-state index contributed by atoms with van der Waals surface area (Å²) in [5.74, 6) is 0. The second-order valence-corrected chi connectivity index (χ2v) is 5.73. The predicted molar refractivity (Wildman–Crippen MR) is 82.5 cm³/mol. The maximum Gasteiger partial charge on any atom is 0.108 e. The van der Waals surface area contributed by atoms with Crippen LogP contribution < -0.4 is 0 Å². The molecule has 0 aromatic heterocycles. The molecule has 0 heterocycles. The summed E-state index contributed by atoms with van der Waals surface area (Å²) in [6.07, 6.45) is 5.01. The second kappa shape index (κ2) is 4.60. The highest BCUT2D eigenvalue weighted by Crippen LogP contribution is 2.34. The zero-order valence-corrected chi connectivity index (χ0v) is 11.5. The Morgan fingerprint density at radius 2 is 1.50 bits per heavy atom. The van der Waals surface area contributed by atoms with E-state index in [0.29, 0.717) is 0 Å². The van der Waals surface area contributed by atoms with Crippen LogP contribution in [0.2, 0.25) is 0 Å². The van der Waals surface area contributed by atoms with Crippen LogP contribution in [-0.4, -0.2) is 0 Å². The van der Waals surface area contributed by atoms with Gasteiger partial charge in [-0.05, 0) is 63.9 Å². The first kappa shape index (κ1) is 11.9. The molecule has 3 aromatic rings. The third-order valence-corrected chi connectivity index (χ3v) is 4.64. The summed E-state index contributed by atoms with van der Waals surface area (Å²) in [6, 6.07) is 15.0. The van der Waals surface area contributed by atoms with E-state index in [2.05, 4.69) is 30.3 Å².